The average Bonchev–Trinajstić information content (AvgIpc) is 3.00. The highest BCUT2D eigenvalue weighted by Gasteiger charge is 2.26. The third-order valence-electron chi connectivity index (χ3n) is 5.79. The van der Waals surface area contributed by atoms with Gasteiger partial charge in [-0.1, -0.05) is 28.4 Å². The lowest BCUT2D eigenvalue weighted by Gasteiger charge is -2.20. The fraction of sp³-hybridized carbons (Fsp3) is 0.500. The summed E-state index contributed by atoms with van der Waals surface area (Å²) in [6.07, 6.45) is 7.77. The maximum Gasteiger partial charge on any atom is 0.272 e. The molecule has 0 saturated carbocycles. The lowest BCUT2D eigenvalue weighted by atomic mass is 9.95. The van der Waals surface area contributed by atoms with Crippen molar-refractivity contribution >= 4 is 27.7 Å². The molecule has 1 aromatic heterocycles. The van der Waals surface area contributed by atoms with Gasteiger partial charge in [-0.2, -0.15) is 5.10 Å². The summed E-state index contributed by atoms with van der Waals surface area (Å²) in [5.41, 5.74) is 3.70. The van der Waals surface area contributed by atoms with Crippen LogP contribution in [0.25, 0.3) is 5.69 Å². The fourth-order valence-corrected chi connectivity index (χ4v) is 4.65. The SMILES string of the molecule is O=C(NCCN1CCCCCC1=O)c1nn(-c2cccc(Br)c2)c2c1CCCC2. The molecule has 4 rings (SSSR count). The first-order valence-electron chi connectivity index (χ1n) is 10.6. The number of nitrogens with one attached hydrogen (secondary N) is 1. The van der Waals surface area contributed by atoms with Gasteiger partial charge in [0.2, 0.25) is 5.91 Å². The Kier molecular flexibility index (Phi) is 6.33. The van der Waals surface area contributed by atoms with Gasteiger partial charge in [-0.15, -0.1) is 0 Å². The lowest BCUT2D eigenvalue weighted by Crippen LogP contribution is -2.38. The Bertz CT molecular complexity index is 908. The van der Waals surface area contributed by atoms with Crippen molar-refractivity contribution in [2.45, 2.75) is 51.4 Å². The average molecular weight is 459 g/mol. The van der Waals surface area contributed by atoms with E-state index in [0.717, 1.165) is 72.9 Å². The summed E-state index contributed by atoms with van der Waals surface area (Å²) in [4.78, 5) is 26.9. The van der Waals surface area contributed by atoms with E-state index >= 15 is 0 Å². The van der Waals surface area contributed by atoms with Crippen LogP contribution in [-0.2, 0) is 17.6 Å². The van der Waals surface area contributed by atoms with Gasteiger partial charge in [-0.3, -0.25) is 9.59 Å². The number of nitrogens with zero attached hydrogens (tertiary/aromatic N) is 3. The van der Waals surface area contributed by atoms with E-state index in [4.69, 9.17) is 5.10 Å². The number of carbonyl (C=O) groups is 2. The zero-order valence-electron chi connectivity index (χ0n) is 16.6. The molecule has 1 aromatic carbocycles. The van der Waals surface area contributed by atoms with Crippen LogP contribution in [0.15, 0.2) is 28.7 Å². The summed E-state index contributed by atoms with van der Waals surface area (Å²) in [6.45, 7) is 1.82. The minimum absolute atomic E-state index is 0.140. The molecule has 0 spiro atoms. The van der Waals surface area contributed by atoms with Crippen LogP contribution in [0, 0.1) is 0 Å². The number of halogens is 1. The number of benzene rings is 1. The van der Waals surface area contributed by atoms with Gasteiger partial charge in [0.1, 0.15) is 0 Å². The predicted molar refractivity (Wildman–Crippen MR) is 115 cm³/mol. The van der Waals surface area contributed by atoms with Gasteiger partial charge in [-0.25, -0.2) is 4.68 Å². The summed E-state index contributed by atoms with van der Waals surface area (Å²) in [5.74, 6) is 0.0622. The Hall–Kier alpha value is -2.15. The van der Waals surface area contributed by atoms with Gasteiger partial charge < -0.3 is 10.2 Å². The number of hydrogen-bond acceptors (Lipinski definition) is 3. The first-order chi connectivity index (χ1) is 14.1. The van der Waals surface area contributed by atoms with Gasteiger partial charge in [0.05, 0.1) is 5.69 Å². The molecule has 1 saturated heterocycles. The van der Waals surface area contributed by atoms with Gasteiger partial charge in [-0.05, 0) is 56.7 Å². The fourth-order valence-electron chi connectivity index (χ4n) is 4.27. The van der Waals surface area contributed by atoms with Crippen LogP contribution in [0.2, 0.25) is 0 Å². The van der Waals surface area contributed by atoms with Gasteiger partial charge in [0, 0.05) is 41.8 Å². The first kappa shape index (κ1) is 20.1. The molecule has 154 valence electrons. The van der Waals surface area contributed by atoms with Crippen molar-refractivity contribution in [1.82, 2.24) is 20.0 Å². The van der Waals surface area contributed by atoms with Crippen LogP contribution in [0.1, 0.15) is 60.3 Å². The van der Waals surface area contributed by atoms with E-state index in [1.54, 1.807) is 0 Å². The van der Waals surface area contributed by atoms with E-state index in [9.17, 15) is 9.59 Å². The molecule has 1 N–H and O–H groups in total. The molecule has 0 bridgehead atoms. The molecule has 7 heteroatoms. The van der Waals surface area contributed by atoms with Crippen LogP contribution in [-0.4, -0.2) is 46.1 Å². The van der Waals surface area contributed by atoms with E-state index in [1.807, 2.05) is 33.8 Å². The molecule has 2 amide bonds. The summed E-state index contributed by atoms with van der Waals surface area (Å²) in [5, 5.41) is 7.70. The van der Waals surface area contributed by atoms with Gasteiger partial charge >= 0.3 is 0 Å². The third kappa shape index (κ3) is 4.55. The third-order valence-corrected chi connectivity index (χ3v) is 6.28. The standard InChI is InChI=1S/C22H27BrN4O2/c23-16-7-6-8-17(15-16)27-19-10-4-3-9-18(19)21(25-27)22(29)24-12-14-26-13-5-1-2-11-20(26)28/h6-8,15H,1-5,9-14H2,(H,24,29). The molecule has 2 heterocycles. The Morgan fingerprint density at radius 2 is 1.93 bits per heavy atom. The number of rotatable bonds is 5. The highest BCUT2D eigenvalue weighted by Crippen LogP contribution is 2.28. The monoisotopic (exact) mass is 458 g/mol. The summed E-state index contributed by atoms with van der Waals surface area (Å²) < 4.78 is 2.91. The minimum Gasteiger partial charge on any atom is -0.349 e. The molecule has 2 aliphatic rings. The number of fused-ring (bicyclic) bond motifs is 1. The van der Waals surface area contributed by atoms with Crippen molar-refractivity contribution in [2.24, 2.45) is 0 Å². The molecule has 29 heavy (non-hydrogen) atoms. The van der Waals surface area contributed by atoms with Crippen molar-refractivity contribution in [3.63, 3.8) is 0 Å². The van der Waals surface area contributed by atoms with Crippen molar-refractivity contribution < 1.29 is 9.59 Å². The van der Waals surface area contributed by atoms with Gasteiger partial charge in [0.15, 0.2) is 5.69 Å². The summed E-state index contributed by atoms with van der Waals surface area (Å²) in [6, 6.07) is 8.00. The van der Waals surface area contributed by atoms with E-state index < -0.39 is 0 Å². The second-order valence-corrected chi connectivity index (χ2v) is 8.74. The molecule has 1 aliphatic carbocycles. The van der Waals surface area contributed by atoms with Gasteiger partial charge in [0.25, 0.3) is 5.91 Å². The van der Waals surface area contributed by atoms with Crippen LogP contribution >= 0.6 is 15.9 Å². The zero-order chi connectivity index (χ0) is 20.2. The Labute approximate surface area is 179 Å². The molecule has 0 unspecified atom stereocenters. The number of aromatic nitrogens is 2. The summed E-state index contributed by atoms with van der Waals surface area (Å²) >= 11 is 3.52. The molecule has 0 radical (unpaired) electrons. The van der Waals surface area contributed by atoms with Crippen LogP contribution < -0.4 is 5.32 Å². The zero-order valence-corrected chi connectivity index (χ0v) is 18.2. The molecular formula is C22H27BrN4O2. The minimum atomic E-state index is -0.140. The number of hydrogen-bond donors (Lipinski definition) is 1. The summed E-state index contributed by atoms with van der Waals surface area (Å²) in [7, 11) is 0. The maximum absolute atomic E-state index is 12.9. The molecule has 1 fully saturated rings. The first-order valence-corrected chi connectivity index (χ1v) is 11.4. The molecule has 0 atom stereocenters. The Morgan fingerprint density at radius 3 is 2.79 bits per heavy atom. The number of carbonyl (C=O) groups excluding carboxylic acids is 2. The van der Waals surface area contributed by atoms with Crippen molar-refractivity contribution in [3.8, 4) is 5.69 Å². The second-order valence-electron chi connectivity index (χ2n) is 7.82. The quantitative estimate of drug-likeness (QED) is 0.743. The molecule has 2 aromatic rings. The molecule has 1 aliphatic heterocycles. The largest absolute Gasteiger partial charge is 0.349 e. The highest BCUT2D eigenvalue weighted by molar-refractivity contribution is 9.10. The van der Waals surface area contributed by atoms with E-state index in [2.05, 4.69) is 21.2 Å². The normalized spacial score (nSPS) is 17.0. The van der Waals surface area contributed by atoms with E-state index in [-0.39, 0.29) is 11.8 Å². The Morgan fingerprint density at radius 1 is 1.10 bits per heavy atom. The molecule has 6 nitrogen and oxygen atoms in total. The highest BCUT2D eigenvalue weighted by atomic mass is 79.9. The van der Waals surface area contributed by atoms with Crippen LogP contribution in [0.3, 0.4) is 0 Å². The van der Waals surface area contributed by atoms with E-state index in [0.29, 0.717) is 25.2 Å². The van der Waals surface area contributed by atoms with Crippen molar-refractivity contribution in [1.29, 1.82) is 0 Å². The van der Waals surface area contributed by atoms with Crippen molar-refractivity contribution in [3.05, 3.63) is 45.7 Å². The maximum atomic E-state index is 12.9. The predicted octanol–water partition coefficient (Wildman–Crippen LogP) is 3.65. The van der Waals surface area contributed by atoms with Crippen LogP contribution in [0.5, 0.6) is 0 Å². The Balaban J connectivity index is 1.49. The van der Waals surface area contributed by atoms with E-state index in [1.165, 1.54) is 0 Å². The topological polar surface area (TPSA) is 67.2 Å². The number of amides is 2. The van der Waals surface area contributed by atoms with Crippen molar-refractivity contribution in [2.75, 3.05) is 19.6 Å². The lowest BCUT2D eigenvalue weighted by molar-refractivity contribution is -0.130. The van der Waals surface area contributed by atoms with Crippen LogP contribution in [0.4, 0.5) is 0 Å². The molecular weight excluding hydrogens is 432 g/mol. The number of likely N-dealkylation sites (tertiary alicyclic amines) is 1. The second kappa shape index (κ2) is 9.11. The smallest absolute Gasteiger partial charge is 0.272 e.